The van der Waals surface area contributed by atoms with E-state index in [9.17, 15) is 0 Å². The summed E-state index contributed by atoms with van der Waals surface area (Å²) >= 11 is 6.18. The largest absolute Gasteiger partial charge is 0.354 e. The van der Waals surface area contributed by atoms with Gasteiger partial charge in [0.05, 0.1) is 0 Å². The van der Waals surface area contributed by atoms with E-state index < -0.39 is 0 Å². The van der Waals surface area contributed by atoms with Gasteiger partial charge in [-0.3, -0.25) is 4.99 Å². The number of hydrogen-bond acceptors (Lipinski definition) is 2. The van der Waals surface area contributed by atoms with E-state index in [1.807, 2.05) is 31.3 Å². The lowest BCUT2D eigenvalue weighted by Crippen LogP contribution is -2.49. The molecule has 1 fully saturated rings. The topological polar surface area (TPSA) is 39.7 Å². The second-order valence-electron chi connectivity index (χ2n) is 6.07. The highest BCUT2D eigenvalue weighted by atomic mass is 35.5. The monoisotopic (exact) mass is 322 g/mol. The molecule has 2 rings (SSSR count). The highest BCUT2D eigenvalue weighted by Crippen LogP contribution is 2.15. The van der Waals surface area contributed by atoms with E-state index in [-0.39, 0.29) is 0 Å². The normalized spacial score (nSPS) is 17.8. The molecule has 5 heteroatoms. The Balaban J connectivity index is 1.80. The molecular weight excluding hydrogens is 296 g/mol. The molecule has 1 heterocycles. The Kier molecular flexibility index (Phi) is 6.52. The quantitative estimate of drug-likeness (QED) is 0.661. The predicted octanol–water partition coefficient (Wildman–Crippen LogP) is 2.88. The number of nitrogens with one attached hydrogen (secondary N) is 2. The van der Waals surface area contributed by atoms with Crippen LogP contribution in [0.4, 0.5) is 0 Å². The molecule has 0 amide bonds. The number of nitrogens with zero attached hydrogens (tertiary/aromatic N) is 2. The molecule has 0 unspecified atom stereocenters. The van der Waals surface area contributed by atoms with Crippen molar-refractivity contribution < 1.29 is 0 Å². The molecule has 1 aromatic carbocycles. The van der Waals surface area contributed by atoms with E-state index in [0.717, 1.165) is 42.5 Å². The Morgan fingerprint density at radius 3 is 2.59 bits per heavy atom. The van der Waals surface area contributed by atoms with Crippen LogP contribution in [0, 0.1) is 0 Å². The first kappa shape index (κ1) is 17.1. The maximum absolute atomic E-state index is 6.18. The number of benzene rings is 1. The lowest BCUT2D eigenvalue weighted by molar-refractivity contribution is 0.167. The van der Waals surface area contributed by atoms with E-state index in [0.29, 0.717) is 18.6 Å². The van der Waals surface area contributed by atoms with Crippen LogP contribution < -0.4 is 10.6 Å². The van der Waals surface area contributed by atoms with Crippen molar-refractivity contribution in [2.45, 2.75) is 45.3 Å². The Morgan fingerprint density at radius 2 is 2.00 bits per heavy atom. The van der Waals surface area contributed by atoms with Crippen molar-refractivity contribution >= 4 is 17.6 Å². The summed E-state index contributed by atoms with van der Waals surface area (Å²) < 4.78 is 0. The van der Waals surface area contributed by atoms with Crippen LogP contribution in [-0.2, 0) is 6.54 Å². The van der Waals surface area contributed by atoms with Gasteiger partial charge in [0, 0.05) is 43.8 Å². The first-order chi connectivity index (χ1) is 10.6. The maximum atomic E-state index is 6.18. The number of piperidine rings is 1. The number of guanidine groups is 1. The van der Waals surface area contributed by atoms with Gasteiger partial charge in [0.25, 0.3) is 0 Å². The van der Waals surface area contributed by atoms with Gasteiger partial charge in [-0.25, -0.2) is 0 Å². The molecule has 0 atom stereocenters. The Morgan fingerprint density at radius 1 is 1.32 bits per heavy atom. The number of aliphatic imine (C=N–C) groups is 1. The highest BCUT2D eigenvalue weighted by Gasteiger charge is 2.21. The van der Waals surface area contributed by atoms with E-state index in [1.54, 1.807) is 0 Å². The van der Waals surface area contributed by atoms with Crippen LogP contribution in [0.5, 0.6) is 0 Å². The second-order valence-corrected chi connectivity index (χ2v) is 6.47. The minimum atomic E-state index is 0.493. The minimum absolute atomic E-state index is 0.493. The Labute approximate surface area is 138 Å². The van der Waals surface area contributed by atoms with Crippen LogP contribution in [0.3, 0.4) is 0 Å². The lowest BCUT2D eigenvalue weighted by Gasteiger charge is -2.35. The standard InChI is InChI=1S/C17H27ClN4/c1-13(2)22-10-8-15(9-11-22)21-17(19-3)20-12-14-6-4-5-7-16(14)18/h4-7,13,15H,8-12H2,1-3H3,(H2,19,20,21). The zero-order chi connectivity index (χ0) is 15.9. The van der Waals surface area contributed by atoms with Crippen LogP contribution in [-0.4, -0.2) is 43.1 Å². The second kappa shape index (κ2) is 8.39. The van der Waals surface area contributed by atoms with Gasteiger partial charge < -0.3 is 15.5 Å². The number of rotatable bonds is 4. The molecule has 0 saturated carbocycles. The van der Waals surface area contributed by atoms with Gasteiger partial charge in [0.15, 0.2) is 5.96 Å². The molecule has 1 aliphatic heterocycles. The summed E-state index contributed by atoms with van der Waals surface area (Å²) in [5.74, 6) is 0.850. The van der Waals surface area contributed by atoms with Crippen LogP contribution >= 0.6 is 11.6 Å². The van der Waals surface area contributed by atoms with Crippen LogP contribution in [0.1, 0.15) is 32.3 Å². The van der Waals surface area contributed by atoms with E-state index in [2.05, 4.69) is 34.4 Å². The van der Waals surface area contributed by atoms with Crippen molar-refractivity contribution in [3.05, 3.63) is 34.9 Å². The third-order valence-electron chi connectivity index (χ3n) is 4.23. The molecule has 122 valence electrons. The highest BCUT2D eigenvalue weighted by molar-refractivity contribution is 6.31. The number of hydrogen-bond donors (Lipinski definition) is 2. The average Bonchev–Trinajstić information content (AvgIpc) is 2.53. The van der Waals surface area contributed by atoms with Crippen molar-refractivity contribution in [1.29, 1.82) is 0 Å². The fourth-order valence-electron chi connectivity index (χ4n) is 2.77. The average molecular weight is 323 g/mol. The summed E-state index contributed by atoms with van der Waals surface area (Å²) in [7, 11) is 1.81. The third kappa shape index (κ3) is 4.89. The molecular formula is C17H27ClN4. The van der Waals surface area contributed by atoms with Crippen molar-refractivity contribution in [2.24, 2.45) is 4.99 Å². The molecule has 22 heavy (non-hydrogen) atoms. The first-order valence-electron chi connectivity index (χ1n) is 8.04. The summed E-state index contributed by atoms with van der Waals surface area (Å²) in [5.41, 5.74) is 1.08. The fourth-order valence-corrected chi connectivity index (χ4v) is 2.97. The van der Waals surface area contributed by atoms with E-state index in [4.69, 9.17) is 11.6 Å². The molecule has 1 saturated heterocycles. The van der Waals surface area contributed by atoms with Crippen molar-refractivity contribution in [1.82, 2.24) is 15.5 Å². The van der Waals surface area contributed by atoms with Gasteiger partial charge in [0.1, 0.15) is 0 Å². The predicted molar refractivity (Wildman–Crippen MR) is 94.5 cm³/mol. The third-order valence-corrected chi connectivity index (χ3v) is 4.60. The van der Waals surface area contributed by atoms with E-state index in [1.165, 1.54) is 0 Å². The molecule has 0 spiro atoms. The number of likely N-dealkylation sites (tertiary alicyclic amines) is 1. The first-order valence-corrected chi connectivity index (χ1v) is 8.42. The minimum Gasteiger partial charge on any atom is -0.354 e. The van der Waals surface area contributed by atoms with Gasteiger partial charge in [-0.2, -0.15) is 0 Å². The van der Waals surface area contributed by atoms with E-state index >= 15 is 0 Å². The van der Waals surface area contributed by atoms with Crippen LogP contribution in [0.15, 0.2) is 29.3 Å². The molecule has 1 aliphatic rings. The van der Waals surface area contributed by atoms with Gasteiger partial charge in [-0.1, -0.05) is 29.8 Å². The molecule has 0 radical (unpaired) electrons. The molecule has 4 nitrogen and oxygen atoms in total. The van der Waals surface area contributed by atoms with Gasteiger partial charge in [0.2, 0.25) is 0 Å². The van der Waals surface area contributed by atoms with Crippen LogP contribution in [0.25, 0.3) is 0 Å². The summed E-state index contributed by atoms with van der Waals surface area (Å²) in [6.07, 6.45) is 2.32. The summed E-state index contributed by atoms with van der Waals surface area (Å²) in [4.78, 5) is 6.84. The van der Waals surface area contributed by atoms with Crippen molar-refractivity contribution in [2.75, 3.05) is 20.1 Å². The summed E-state index contributed by atoms with van der Waals surface area (Å²) in [5, 5.41) is 7.66. The van der Waals surface area contributed by atoms with Crippen molar-refractivity contribution in [3.63, 3.8) is 0 Å². The molecule has 0 bridgehead atoms. The Bertz CT molecular complexity index is 493. The zero-order valence-corrected chi connectivity index (χ0v) is 14.5. The smallest absolute Gasteiger partial charge is 0.191 e. The molecule has 0 aromatic heterocycles. The molecule has 2 N–H and O–H groups in total. The van der Waals surface area contributed by atoms with Crippen LogP contribution in [0.2, 0.25) is 5.02 Å². The van der Waals surface area contributed by atoms with Crippen molar-refractivity contribution in [3.8, 4) is 0 Å². The van der Waals surface area contributed by atoms with Gasteiger partial charge >= 0.3 is 0 Å². The van der Waals surface area contributed by atoms with Gasteiger partial charge in [-0.05, 0) is 38.3 Å². The Hall–Kier alpha value is -1.26. The SMILES string of the molecule is CN=C(NCc1ccccc1Cl)NC1CCN(C(C)C)CC1. The summed E-state index contributed by atoms with van der Waals surface area (Å²) in [6.45, 7) is 7.51. The number of halogens is 1. The fraction of sp³-hybridized carbons (Fsp3) is 0.588. The lowest BCUT2D eigenvalue weighted by atomic mass is 10.0. The zero-order valence-electron chi connectivity index (χ0n) is 13.8. The molecule has 0 aliphatic carbocycles. The molecule has 1 aromatic rings. The maximum Gasteiger partial charge on any atom is 0.191 e. The van der Waals surface area contributed by atoms with Gasteiger partial charge in [-0.15, -0.1) is 0 Å². The summed E-state index contributed by atoms with van der Waals surface area (Å²) in [6, 6.07) is 9.02.